The Morgan fingerprint density at radius 3 is 2.31 bits per heavy atom. The molecule has 1 aromatic heterocycles. The second-order valence-corrected chi connectivity index (χ2v) is 10.5. The van der Waals surface area contributed by atoms with Crippen molar-refractivity contribution >= 4 is 31.1 Å². The molecule has 0 saturated carbocycles. The van der Waals surface area contributed by atoms with E-state index < -0.39 is 20.0 Å². The van der Waals surface area contributed by atoms with Crippen molar-refractivity contribution < 1.29 is 30.2 Å². The molecule has 1 heterocycles. The maximum Gasteiger partial charge on any atom is 0.342 e. The van der Waals surface area contributed by atoms with Crippen LogP contribution >= 0.6 is 0 Å². The molecule has 0 unspecified atom stereocenters. The smallest absolute Gasteiger partial charge is 0.342 e. The van der Waals surface area contributed by atoms with Gasteiger partial charge >= 0.3 is 10.1 Å². The summed E-state index contributed by atoms with van der Waals surface area (Å²) in [6.45, 7) is 1.56. The van der Waals surface area contributed by atoms with Crippen LogP contribution in [0.1, 0.15) is 6.92 Å². The number of para-hydroxylation sites is 2. The number of hydrogen-bond acceptors (Lipinski definition) is 8. The van der Waals surface area contributed by atoms with E-state index in [9.17, 15) is 16.8 Å². The average Bonchev–Trinajstić information content (AvgIpc) is 3.22. The van der Waals surface area contributed by atoms with Crippen LogP contribution in [0.25, 0.3) is 22.6 Å². The van der Waals surface area contributed by atoms with Gasteiger partial charge in [0.25, 0.3) is 0 Å². The molecule has 8 nitrogen and oxygen atoms in total. The molecule has 0 aliphatic heterocycles. The van der Waals surface area contributed by atoms with Gasteiger partial charge in [-0.3, -0.25) is 0 Å². The summed E-state index contributed by atoms with van der Waals surface area (Å²) in [6.07, 6.45) is 0. The first-order chi connectivity index (χ1) is 15.2. The molecule has 166 valence electrons. The quantitative estimate of drug-likeness (QED) is 0.369. The molecule has 0 aliphatic carbocycles. The standard InChI is InChI=1S/C22H19NO7S2/c1-3-31(24,25)15-12-13-19-17(14-15)23-22(29-19)16-8-4-5-9-18(16)30-32(26,27)21-11-7-6-10-20(21)28-2/h4-14H,3H2,1-2H3. The second kappa shape index (κ2) is 8.29. The predicted octanol–water partition coefficient (Wildman–Crippen LogP) is 4.06. The lowest BCUT2D eigenvalue weighted by atomic mass is 10.2. The van der Waals surface area contributed by atoms with Crippen LogP contribution in [0.3, 0.4) is 0 Å². The maximum absolute atomic E-state index is 12.9. The Kier molecular flexibility index (Phi) is 5.66. The zero-order chi connectivity index (χ0) is 22.9. The molecular weight excluding hydrogens is 454 g/mol. The Hall–Kier alpha value is -3.37. The lowest BCUT2D eigenvalue weighted by Crippen LogP contribution is -2.11. The van der Waals surface area contributed by atoms with Crippen molar-refractivity contribution in [2.45, 2.75) is 16.7 Å². The highest BCUT2D eigenvalue weighted by atomic mass is 32.2. The summed E-state index contributed by atoms with van der Waals surface area (Å²) < 4.78 is 66.4. The normalized spacial score (nSPS) is 12.1. The summed E-state index contributed by atoms with van der Waals surface area (Å²) in [5.74, 6) is 0.209. The number of sulfone groups is 1. The van der Waals surface area contributed by atoms with Crippen molar-refractivity contribution in [3.8, 4) is 23.0 Å². The minimum atomic E-state index is -4.22. The summed E-state index contributed by atoms with van der Waals surface area (Å²) in [5.41, 5.74) is 0.983. The molecule has 4 aromatic rings. The largest absolute Gasteiger partial charge is 0.495 e. The van der Waals surface area contributed by atoms with E-state index in [1.807, 2.05) is 0 Å². The molecule has 32 heavy (non-hydrogen) atoms. The molecule has 0 bridgehead atoms. The number of benzene rings is 3. The van der Waals surface area contributed by atoms with E-state index in [4.69, 9.17) is 13.3 Å². The number of aromatic nitrogens is 1. The number of methoxy groups -OCH3 is 1. The average molecular weight is 474 g/mol. The monoisotopic (exact) mass is 473 g/mol. The fourth-order valence-electron chi connectivity index (χ4n) is 3.09. The van der Waals surface area contributed by atoms with Crippen LogP contribution in [-0.2, 0) is 20.0 Å². The van der Waals surface area contributed by atoms with E-state index in [0.717, 1.165) is 0 Å². The second-order valence-electron chi connectivity index (χ2n) is 6.74. The predicted molar refractivity (Wildman–Crippen MR) is 118 cm³/mol. The first-order valence-corrected chi connectivity index (χ1v) is 12.6. The number of hydrogen-bond donors (Lipinski definition) is 0. The first-order valence-electron chi connectivity index (χ1n) is 9.55. The lowest BCUT2D eigenvalue weighted by Gasteiger charge is -2.12. The van der Waals surface area contributed by atoms with Crippen molar-refractivity contribution in [3.05, 3.63) is 66.7 Å². The van der Waals surface area contributed by atoms with Crippen molar-refractivity contribution in [2.75, 3.05) is 12.9 Å². The van der Waals surface area contributed by atoms with E-state index in [1.165, 1.54) is 43.5 Å². The molecule has 0 radical (unpaired) electrons. The van der Waals surface area contributed by atoms with Gasteiger partial charge in [0.1, 0.15) is 16.2 Å². The molecule has 4 rings (SSSR count). The third-order valence-corrected chi connectivity index (χ3v) is 7.76. The lowest BCUT2D eigenvalue weighted by molar-refractivity contribution is 0.398. The molecule has 10 heteroatoms. The van der Waals surface area contributed by atoms with Crippen LogP contribution < -0.4 is 8.92 Å². The molecular formula is C22H19NO7S2. The van der Waals surface area contributed by atoms with E-state index in [0.29, 0.717) is 16.7 Å². The highest BCUT2D eigenvalue weighted by Crippen LogP contribution is 2.35. The Balaban J connectivity index is 1.76. The van der Waals surface area contributed by atoms with Crippen molar-refractivity contribution in [1.29, 1.82) is 0 Å². The van der Waals surface area contributed by atoms with Crippen molar-refractivity contribution in [3.63, 3.8) is 0 Å². The third kappa shape index (κ3) is 4.06. The Labute approximate surface area is 185 Å². The summed E-state index contributed by atoms with van der Waals surface area (Å²) in [7, 11) is -6.26. The Bertz CT molecular complexity index is 1510. The molecule has 0 atom stereocenters. The Morgan fingerprint density at radius 2 is 1.59 bits per heavy atom. The molecule has 0 amide bonds. The number of fused-ring (bicyclic) bond motifs is 1. The van der Waals surface area contributed by atoms with Gasteiger partial charge < -0.3 is 13.3 Å². The van der Waals surface area contributed by atoms with Crippen LogP contribution in [0.4, 0.5) is 0 Å². The van der Waals surface area contributed by atoms with Crippen LogP contribution in [-0.4, -0.2) is 34.7 Å². The van der Waals surface area contributed by atoms with Gasteiger partial charge in [0.15, 0.2) is 21.2 Å². The molecule has 0 N–H and O–H groups in total. The van der Waals surface area contributed by atoms with E-state index in [1.54, 1.807) is 37.3 Å². The third-order valence-electron chi connectivity index (χ3n) is 4.75. The van der Waals surface area contributed by atoms with Gasteiger partial charge in [0.05, 0.1) is 23.3 Å². The summed E-state index contributed by atoms with van der Waals surface area (Å²) in [6, 6.07) is 16.9. The van der Waals surface area contributed by atoms with Gasteiger partial charge in [-0.15, -0.1) is 0 Å². The van der Waals surface area contributed by atoms with Gasteiger partial charge in [-0.25, -0.2) is 13.4 Å². The van der Waals surface area contributed by atoms with Gasteiger partial charge in [0, 0.05) is 0 Å². The topological polar surface area (TPSA) is 113 Å². The summed E-state index contributed by atoms with van der Waals surface area (Å²) >= 11 is 0. The molecule has 0 spiro atoms. The summed E-state index contributed by atoms with van der Waals surface area (Å²) in [5, 5.41) is 0. The highest BCUT2D eigenvalue weighted by molar-refractivity contribution is 7.91. The minimum absolute atomic E-state index is 0.00589. The maximum atomic E-state index is 12.9. The van der Waals surface area contributed by atoms with Crippen LogP contribution in [0.2, 0.25) is 0 Å². The van der Waals surface area contributed by atoms with Gasteiger partial charge in [0.2, 0.25) is 5.89 Å². The molecule has 3 aromatic carbocycles. The van der Waals surface area contributed by atoms with Gasteiger partial charge in [-0.2, -0.15) is 8.42 Å². The van der Waals surface area contributed by atoms with Crippen molar-refractivity contribution in [1.82, 2.24) is 4.98 Å². The van der Waals surface area contributed by atoms with Crippen LogP contribution in [0.15, 0.2) is 80.9 Å². The fraction of sp³-hybridized carbons (Fsp3) is 0.136. The van der Waals surface area contributed by atoms with E-state index in [-0.39, 0.29) is 32.9 Å². The molecule has 0 saturated heterocycles. The van der Waals surface area contributed by atoms with Gasteiger partial charge in [-0.1, -0.05) is 31.2 Å². The number of nitrogens with zero attached hydrogens (tertiary/aromatic N) is 1. The Morgan fingerprint density at radius 1 is 0.906 bits per heavy atom. The number of oxazole rings is 1. The zero-order valence-corrected chi connectivity index (χ0v) is 18.8. The molecule has 0 aliphatic rings. The highest BCUT2D eigenvalue weighted by Gasteiger charge is 2.24. The van der Waals surface area contributed by atoms with Crippen molar-refractivity contribution in [2.24, 2.45) is 0 Å². The van der Waals surface area contributed by atoms with E-state index in [2.05, 4.69) is 4.98 Å². The number of ether oxygens (including phenoxy) is 1. The van der Waals surface area contributed by atoms with Crippen LogP contribution in [0.5, 0.6) is 11.5 Å². The van der Waals surface area contributed by atoms with Crippen LogP contribution in [0, 0.1) is 0 Å². The SMILES string of the molecule is CCS(=O)(=O)c1ccc2oc(-c3ccccc3OS(=O)(=O)c3ccccc3OC)nc2c1. The zero-order valence-electron chi connectivity index (χ0n) is 17.2. The first kappa shape index (κ1) is 21.8. The molecule has 0 fully saturated rings. The van der Waals surface area contributed by atoms with Gasteiger partial charge in [-0.05, 0) is 42.5 Å². The fourth-order valence-corrected chi connectivity index (χ4v) is 5.10. The van der Waals surface area contributed by atoms with E-state index >= 15 is 0 Å². The summed E-state index contributed by atoms with van der Waals surface area (Å²) in [4.78, 5) is 4.37. The number of rotatable bonds is 7. The minimum Gasteiger partial charge on any atom is -0.495 e.